The average Bonchev–Trinajstić information content (AvgIpc) is 1.83. The molecule has 66 valence electrons. The van der Waals surface area contributed by atoms with E-state index in [1.54, 1.807) is 0 Å². The van der Waals surface area contributed by atoms with Crippen molar-refractivity contribution in [2.24, 2.45) is 0 Å². The van der Waals surface area contributed by atoms with Gasteiger partial charge in [-0.25, -0.2) is 4.98 Å². The molecule has 2 heteroatoms. The van der Waals surface area contributed by atoms with Crippen LogP contribution >= 0.6 is 0 Å². The zero-order valence-electron chi connectivity index (χ0n) is 8.18. The van der Waals surface area contributed by atoms with Crippen LogP contribution in [0, 0.1) is 6.92 Å². The van der Waals surface area contributed by atoms with Crippen molar-refractivity contribution in [3.63, 3.8) is 0 Å². The number of aromatic nitrogens is 1. The van der Waals surface area contributed by atoms with Gasteiger partial charge in [0.05, 0.1) is 0 Å². The maximum Gasteiger partial charge on any atom is 0.123 e. The first-order chi connectivity index (χ1) is 5.41. The monoisotopic (exact) mass is 164 g/mol. The Kier molecular flexibility index (Phi) is 2.09. The fourth-order valence-corrected chi connectivity index (χ4v) is 1.37. The number of anilines is 1. The molecular weight excluding hydrogens is 148 g/mol. The topological polar surface area (TPSA) is 38.9 Å². The lowest BCUT2D eigenvalue weighted by Crippen LogP contribution is -2.14. The summed E-state index contributed by atoms with van der Waals surface area (Å²) in [5.74, 6) is 0.598. The number of nitrogens with zero attached hydrogens (tertiary/aromatic N) is 1. The van der Waals surface area contributed by atoms with Crippen LogP contribution in [0.1, 0.15) is 32.0 Å². The van der Waals surface area contributed by atoms with Crippen LogP contribution in [0.15, 0.2) is 12.1 Å². The van der Waals surface area contributed by atoms with E-state index < -0.39 is 0 Å². The zero-order valence-corrected chi connectivity index (χ0v) is 8.18. The van der Waals surface area contributed by atoms with E-state index in [0.717, 1.165) is 5.69 Å². The Morgan fingerprint density at radius 3 is 2.25 bits per heavy atom. The standard InChI is InChI=1S/C10H16N2/c1-7-8(10(2,3)4)5-6-9(11)12-7/h5-6H,1-4H3,(H2,11,12). The number of hydrogen-bond donors (Lipinski definition) is 1. The highest BCUT2D eigenvalue weighted by atomic mass is 14.8. The molecule has 0 amide bonds. The number of nitrogen functional groups attached to an aromatic ring is 1. The molecule has 1 aromatic heterocycles. The molecule has 0 atom stereocenters. The van der Waals surface area contributed by atoms with Gasteiger partial charge >= 0.3 is 0 Å². The summed E-state index contributed by atoms with van der Waals surface area (Å²) in [5, 5.41) is 0. The van der Waals surface area contributed by atoms with Crippen molar-refractivity contribution >= 4 is 5.82 Å². The van der Waals surface area contributed by atoms with Crippen molar-refractivity contribution in [3.8, 4) is 0 Å². The van der Waals surface area contributed by atoms with Gasteiger partial charge in [0.25, 0.3) is 0 Å². The van der Waals surface area contributed by atoms with Crippen molar-refractivity contribution in [1.29, 1.82) is 0 Å². The summed E-state index contributed by atoms with van der Waals surface area (Å²) >= 11 is 0. The van der Waals surface area contributed by atoms with E-state index in [-0.39, 0.29) is 5.41 Å². The van der Waals surface area contributed by atoms with Crippen LogP contribution in [0.4, 0.5) is 5.82 Å². The third-order valence-corrected chi connectivity index (χ3v) is 1.92. The maximum atomic E-state index is 5.56. The molecule has 0 saturated heterocycles. The molecule has 0 radical (unpaired) electrons. The van der Waals surface area contributed by atoms with Gasteiger partial charge in [0, 0.05) is 5.69 Å². The summed E-state index contributed by atoms with van der Waals surface area (Å²) in [6.07, 6.45) is 0. The van der Waals surface area contributed by atoms with Crippen LogP contribution in [-0.2, 0) is 5.41 Å². The van der Waals surface area contributed by atoms with E-state index in [4.69, 9.17) is 5.73 Å². The zero-order chi connectivity index (χ0) is 9.35. The minimum Gasteiger partial charge on any atom is -0.384 e. The molecule has 0 aliphatic rings. The van der Waals surface area contributed by atoms with E-state index in [1.165, 1.54) is 5.56 Å². The highest BCUT2D eigenvalue weighted by molar-refractivity contribution is 5.36. The minimum atomic E-state index is 0.158. The van der Waals surface area contributed by atoms with Gasteiger partial charge in [-0.1, -0.05) is 26.8 Å². The van der Waals surface area contributed by atoms with Gasteiger partial charge in [-0.15, -0.1) is 0 Å². The Labute approximate surface area is 73.8 Å². The van der Waals surface area contributed by atoms with E-state index in [0.29, 0.717) is 5.82 Å². The quantitative estimate of drug-likeness (QED) is 0.638. The maximum absolute atomic E-state index is 5.56. The summed E-state index contributed by atoms with van der Waals surface area (Å²) in [5.41, 5.74) is 8.01. The lowest BCUT2D eigenvalue weighted by Gasteiger charge is -2.20. The van der Waals surface area contributed by atoms with Crippen LogP contribution in [0.25, 0.3) is 0 Å². The van der Waals surface area contributed by atoms with Crippen molar-refractivity contribution in [2.75, 3.05) is 5.73 Å². The molecule has 2 N–H and O–H groups in total. The van der Waals surface area contributed by atoms with Crippen molar-refractivity contribution in [2.45, 2.75) is 33.1 Å². The first kappa shape index (κ1) is 9.04. The predicted octanol–water partition coefficient (Wildman–Crippen LogP) is 2.27. The molecule has 2 nitrogen and oxygen atoms in total. The van der Waals surface area contributed by atoms with E-state index in [9.17, 15) is 0 Å². The molecule has 0 spiro atoms. The highest BCUT2D eigenvalue weighted by Gasteiger charge is 2.16. The van der Waals surface area contributed by atoms with Crippen LogP contribution in [0.3, 0.4) is 0 Å². The lowest BCUT2D eigenvalue weighted by atomic mass is 9.86. The largest absolute Gasteiger partial charge is 0.384 e. The third-order valence-electron chi connectivity index (χ3n) is 1.92. The number of nitrogens with two attached hydrogens (primary N) is 1. The van der Waals surface area contributed by atoms with Crippen molar-refractivity contribution < 1.29 is 0 Å². The van der Waals surface area contributed by atoms with Gasteiger partial charge in [-0.2, -0.15) is 0 Å². The SMILES string of the molecule is Cc1nc(N)ccc1C(C)(C)C. The molecule has 12 heavy (non-hydrogen) atoms. The first-order valence-corrected chi connectivity index (χ1v) is 4.15. The Hall–Kier alpha value is -1.05. The molecule has 1 rings (SSSR count). The normalized spacial score (nSPS) is 11.7. The smallest absolute Gasteiger partial charge is 0.123 e. The Morgan fingerprint density at radius 1 is 1.25 bits per heavy atom. The number of rotatable bonds is 0. The lowest BCUT2D eigenvalue weighted by molar-refractivity contribution is 0.582. The van der Waals surface area contributed by atoms with Gasteiger partial charge in [0.2, 0.25) is 0 Å². The average molecular weight is 164 g/mol. The summed E-state index contributed by atoms with van der Waals surface area (Å²) in [6.45, 7) is 8.52. The molecule has 0 aliphatic heterocycles. The van der Waals surface area contributed by atoms with Gasteiger partial charge < -0.3 is 5.73 Å². The number of hydrogen-bond acceptors (Lipinski definition) is 2. The summed E-state index contributed by atoms with van der Waals surface area (Å²) in [6, 6.07) is 3.91. The number of pyridine rings is 1. The fourth-order valence-electron chi connectivity index (χ4n) is 1.37. The van der Waals surface area contributed by atoms with Crippen LogP contribution in [0.5, 0.6) is 0 Å². The molecule has 0 unspecified atom stereocenters. The molecule has 0 saturated carbocycles. The van der Waals surface area contributed by atoms with Crippen LogP contribution in [-0.4, -0.2) is 4.98 Å². The molecule has 0 aliphatic carbocycles. The third kappa shape index (κ3) is 1.76. The molecule has 1 heterocycles. The van der Waals surface area contributed by atoms with Gasteiger partial charge in [0.1, 0.15) is 5.82 Å². The van der Waals surface area contributed by atoms with Gasteiger partial charge in [0.15, 0.2) is 0 Å². The number of aryl methyl sites for hydroxylation is 1. The van der Waals surface area contributed by atoms with Crippen LogP contribution in [0.2, 0.25) is 0 Å². The van der Waals surface area contributed by atoms with E-state index in [1.807, 2.05) is 13.0 Å². The Bertz CT molecular complexity index is 284. The molecule has 0 fully saturated rings. The van der Waals surface area contributed by atoms with Crippen molar-refractivity contribution in [1.82, 2.24) is 4.98 Å². The Balaban J connectivity index is 3.19. The summed E-state index contributed by atoms with van der Waals surface area (Å²) in [7, 11) is 0. The molecule has 0 aromatic carbocycles. The fraction of sp³-hybridized carbons (Fsp3) is 0.500. The predicted molar refractivity (Wildman–Crippen MR) is 52.1 cm³/mol. The minimum absolute atomic E-state index is 0.158. The summed E-state index contributed by atoms with van der Waals surface area (Å²) < 4.78 is 0. The first-order valence-electron chi connectivity index (χ1n) is 4.15. The van der Waals surface area contributed by atoms with Crippen LogP contribution < -0.4 is 5.73 Å². The molecule has 0 bridgehead atoms. The second kappa shape index (κ2) is 2.77. The van der Waals surface area contributed by atoms with Gasteiger partial charge in [-0.3, -0.25) is 0 Å². The Morgan fingerprint density at radius 2 is 1.83 bits per heavy atom. The van der Waals surface area contributed by atoms with E-state index in [2.05, 4.69) is 31.8 Å². The van der Waals surface area contributed by atoms with E-state index >= 15 is 0 Å². The van der Waals surface area contributed by atoms with Crippen molar-refractivity contribution in [3.05, 3.63) is 23.4 Å². The van der Waals surface area contributed by atoms with Gasteiger partial charge in [-0.05, 0) is 24.0 Å². The highest BCUT2D eigenvalue weighted by Crippen LogP contribution is 2.24. The second-order valence-electron chi connectivity index (χ2n) is 4.12. The molecule has 1 aromatic rings. The summed E-state index contributed by atoms with van der Waals surface area (Å²) in [4.78, 5) is 4.22. The molecular formula is C10H16N2. The second-order valence-corrected chi connectivity index (χ2v) is 4.12.